The van der Waals surface area contributed by atoms with Crippen LogP contribution in [-0.4, -0.2) is 19.1 Å². The van der Waals surface area contributed by atoms with Crippen molar-refractivity contribution in [3.05, 3.63) is 75.8 Å². The summed E-state index contributed by atoms with van der Waals surface area (Å²) in [5.74, 6) is -1.70. The predicted octanol–water partition coefficient (Wildman–Crippen LogP) is 6.41. The van der Waals surface area contributed by atoms with Crippen LogP contribution >= 0.6 is 31.3 Å². The van der Waals surface area contributed by atoms with Gasteiger partial charge in [-0.15, -0.1) is 11.3 Å². The van der Waals surface area contributed by atoms with E-state index in [1.54, 1.807) is 6.07 Å². The molecule has 0 aliphatic carbocycles. The second-order valence-corrected chi connectivity index (χ2v) is 9.54. The standard InChI is InChI=1S/C21H17ClF2NO3PS/c22-14-2-3-19-17(10-14)18(12-30-19)20(29-27-6-1-7-28-29)21(26)25-5-4-13-8-15(23)11-16(24)9-13/h2-5,8-12,20H,1,6-7H2,(H,25,26). The van der Waals surface area contributed by atoms with E-state index in [0.29, 0.717) is 23.8 Å². The van der Waals surface area contributed by atoms with Gasteiger partial charge >= 0.3 is 0 Å². The number of fused-ring (bicyclic) bond motifs is 1. The molecule has 0 spiro atoms. The van der Waals surface area contributed by atoms with E-state index in [0.717, 1.165) is 28.1 Å². The van der Waals surface area contributed by atoms with Crippen molar-refractivity contribution in [1.29, 1.82) is 0 Å². The highest BCUT2D eigenvalue weighted by molar-refractivity contribution is 7.49. The largest absolute Gasteiger partial charge is 0.333 e. The van der Waals surface area contributed by atoms with Gasteiger partial charge in [0.2, 0.25) is 5.91 Å². The first kappa shape index (κ1) is 21.3. The minimum absolute atomic E-state index is 0.299. The third kappa shape index (κ3) is 4.88. The molecule has 1 atom stereocenters. The molecule has 156 valence electrons. The lowest BCUT2D eigenvalue weighted by Crippen LogP contribution is -2.26. The van der Waals surface area contributed by atoms with Crippen LogP contribution in [0.5, 0.6) is 0 Å². The van der Waals surface area contributed by atoms with Crippen LogP contribution in [0.3, 0.4) is 0 Å². The van der Waals surface area contributed by atoms with E-state index in [1.807, 2.05) is 17.5 Å². The SMILES string of the molecule is O=C(NC=Cc1cc(F)cc(F)c1)C(c1csc2ccc(Cl)cc12)P1OCCCO1. The topological polar surface area (TPSA) is 47.6 Å². The molecular weight excluding hydrogens is 451 g/mol. The number of rotatable bonds is 5. The number of amides is 1. The average molecular weight is 468 g/mol. The normalized spacial score (nSPS) is 16.2. The summed E-state index contributed by atoms with van der Waals surface area (Å²) in [4.78, 5) is 13.1. The van der Waals surface area contributed by atoms with Crippen molar-refractivity contribution < 1.29 is 22.6 Å². The fourth-order valence-electron chi connectivity index (χ4n) is 3.11. The molecule has 0 bridgehead atoms. The Morgan fingerprint density at radius 2 is 1.90 bits per heavy atom. The van der Waals surface area contributed by atoms with E-state index in [1.165, 1.54) is 35.7 Å². The van der Waals surface area contributed by atoms with Gasteiger partial charge in [0, 0.05) is 22.0 Å². The molecule has 1 unspecified atom stereocenters. The molecule has 1 fully saturated rings. The van der Waals surface area contributed by atoms with Gasteiger partial charge in [0.1, 0.15) is 17.3 Å². The predicted molar refractivity (Wildman–Crippen MR) is 117 cm³/mol. The molecule has 3 aromatic rings. The van der Waals surface area contributed by atoms with Crippen molar-refractivity contribution >= 4 is 53.4 Å². The first-order valence-electron chi connectivity index (χ1n) is 9.16. The maximum absolute atomic E-state index is 13.4. The van der Waals surface area contributed by atoms with E-state index in [4.69, 9.17) is 20.6 Å². The number of hydrogen-bond acceptors (Lipinski definition) is 4. The third-order valence-electron chi connectivity index (χ3n) is 4.43. The molecule has 1 aliphatic rings. The van der Waals surface area contributed by atoms with Gasteiger partial charge in [0.25, 0.3) is 0 Å². The van der Waals surface area contributed by atoms with Crippen LogP contribution in [0.4, 0.5) is 8.78 Å². The summed E-state index contributed by atoms with van der Waals surface area (Å²) in [6.45, 7) is 1.05. The van der Waals surface area contributed by atoms with Gasteiger partial charge < -0.3 is 14.4 Å². The molecule has 1 N–H and O–H groups in total. The Bertz CT molecular complexity index is 1080. The van der Waals surface area contributed by atoms with Crippen LogP contribution in [0.1, 0.15) is 23.2 Å². The van der Waals surface area contributed by atoms with Crippen LogP contribution in [0.25, 0.3) is 16.2 Å². The molecule has 30 heavy (non-hydrogen) atoms. The minimum atomic E-state index is -1.49. The van der Waals surface area contributed by atoms with Gasteiger partial charge in [-0.25, -0.2) is 8.78 Å². The summed E-state index contributed by atoms with van der Waals surface area (Å²) >= 11 is 7.68. The monoisotopic (exact) mass is 467 g/mol. The summed E-state index contributed by atoms with van der Waals surface area (Å²) in [7, 11) is -1.49. The quantitative estimate of drug-likeness (QED) is 0.441. The first-order valence-corrected chi connectivity index (χ1v) is 11.7. The third-order valence-corrected chi connectivity index (χ3v) is 7.46. The molecule has 1 aliphatic heterocycles. The second-order valence-electron chi connectivity index (χ2n) is 6.58. The van der Waals surface area contributed by atoms with Crippen molar-refractivity contribution in [3.8, 4) is 0 Å². The molecule has 1 saturated heterocycles. The van der Waals surface area contributed by atoms with Gasteiger partial charge in [-0.2, -0.15) is 0 Å². The van der Waals surface area contributed by atoms with Crippen LogP contribution in [-0.2, 0) is 13.8 Å². The van der Waals surface area contributed by atoms with Gasteiger partial charge in [0.05, 0.1) is 13.2 Å². The van der Waals surface area contributed by atoms with Gasteiger partial charge in [-0.05, 0) is 64.7 Å². The highest BCUT2D eigenvalue weighted by atomic mass is 35.5. The smallest absolute Gasteiger partial charge is 0.240 e. The van der Waals surface area contributed by atoms with Crippen LogP contribution in [0, 0.1) is 11.6 Å². The van der Waals surface area contributed by atoms with E-state index >= 15 is 0 Å². The summed E-state index contributed by atoms with van der Waals surface area (Å²) in [5.41, 5.74) is 0.419. The lowest BCUT2D eigenvalue weighted by Gasteiger charge is -2.28. The first-order chi connectivity index (χ1) is 14.5. The minimum Gasteiger partial charge on any atom is -0.333 e. The number of carbonyl (C=O) groups is 1. The molecule has 0 saturated carbocycles. The van der Waals surface area contributed by atoms with Crippen LogP contribution < -0.4 is 5.32 Å². The maximum Gasteiger partial charge on any atom is 0.240 e. The van der Waals surface area contributed by atoms with E-state index in [2.05, 4.69) is 5.32 Å². The second kappa shape index (κ2) is 9.50. The van der Waals surface area contributed by atoms with Gasteiger partial charge in [-0.3, -0.25) is 4.79 Å². The van der Waals surface area contributed by atoms with Crippen molar-refractivity contribution in [3.63, 3.8) is 0 Å². The van der Waals surface area contributed by atoms with Crippen molar-refractivity contribution in [1.82, 2.24) is 5.32 Å². The molecular formula is C21H17ClF2NO3PS. The molecule has 1 aromatic heterocycles. The molecule has 0 radical (unpaired) electrons. The van der Waals surface area contributed by atoms with Crippen molar-refractivity contribution in [2.75, 3.05) is 13.2 Å². The summed E-state index contributed by atoms with van der Waals surface area (Å²) in [6, 6.07) is 8.69. The molecule has 4 rings (SSSR count). The molecule has 2 aromatic carbocycles. The van der Waals surface area contributed by atoms with E-state index in [-0.39, 0.29) is 5.91 Å². The van der Waals surface area contributed by atoms with Crippen LogP contribution in [0.15, 0.2) is 48.0 Å². The number of benzene rings is 2. The lowest BCUT2D eigenvalue weighted by atomic mass is 10.1. The van der Waals surface area contributed by atoms with E-state index in [9.17, 15) is 13.6 Å². The summed E-state index contributed by atoms with van der Waals surface area (Å²) in [5, 5.41) is 6.07. The van der Waals surface area contributed by atoms with Crippen LogP contribution in [0.2, 0.25) is 5.02 Å². The number of halogens is 3. The summed E-state index contributed by atoms with van der Waals surface area (Å²) in [6.07, 6.45) is 3.57. The Kier molecular flexibility index (Phi) is 6.76. The molecule has 1 amide bonds. The fourth-order valence-corrected chi connectivity index (χ4v) is 6.05. The number of hydrogen-bond donors (Lipinski definition) is 1. The number of nitrogens with one attached hydrogen (secondary N) is 1. The lowest BCUT2D eigenvalue weighted by molar-refractivity contribution is -0.120. The Labute approximate surface area is 182 Å². The van der Waals surface area contributed by atoms with Crippen molar-refractivity contribution in [2.45, 2.75) is 12.1 Å². The fraction of sp³-hybridized carbons (Fsp3) is 0.190. The Balaban J connectivity index is 1.61. The maximum atomic E-state index is 13.4. The van der Waals surface area contributed by atoms with Crippen molar-refractivity contribution in [2.24, 2.45) is 0 Å². The summed E-state index contributed by atoms with van der Waals surface area (Å²) < 4.78 is 39.3. The zero-order chi connectivity index (χ0) is 21.1. The highest BCUT2D eigenvalue weighted by Gasteiger charge is 2.35. The molecule has 9 heteroatoms. The molecule has 4 nitrogen and oxygen atoms in total. The Morgan fingerprint density at radius 3 is 2.63 bits per heavy atom. The number of thiophene rings is 1. The van der Waals surface area contributed by atoms with Gasteiger partial charge in [-0.1, -0.05) is 11.6 Å². The molecule has 2 heterocycles. The van der Waals surface area contributed by atoms with E-state index < -0.39 is 25.7 Å². The Morgan fingerprint density at radius 1 is 1.17 bits per heavy atom. The Hall–Kier alpha value is -1.89. The zero-order valence-corrected chi connectivity index (χ0v) is 18.1. The zero-order valence-electron chi connectivity index (χ0n) is 15.6. The average Bonchev–Trinajstić information content (AvgIpc) is 3.11. The van der Waals surface area contributed by atoms with Gasteiger partial charge in [0.15, 0.2) is 8.38 Å². The highest BCUT2D eigenvalue weighted by Crippen LogP contribution is 2.56. The number of carbonyl (C=O) groups excluding carboxylic acids is 1.